The highest BCUT2D eigenvalue weighted by Gasteiger charge is 2.27. The molecule has 1 rings (SSSR count). The van der Waals surface area contributed by atoms with Crippen molar-refractivity contribution < 1.29 is 27.4 Å². The summed E-state index contributed by atoms with van der Waals surface area (Å²) in [5, 5.41) is 4.78. The van der Waals surface area contributed by atoms with Gasteiger partial charge >= 0.3 is 6.18 Å². The summed E-state index contributed by atoms with van der Waals surface area (Å²) in [5.74, 6) is -0.786. The maximum absolute atomic E-state index is 11.7. The molecule has 0 aromatic carbocycles. The van der Waals surface area contributed by atoms with E-state index in [9.17, 15) is 18.0 Å². The quantitative estimate of drug-likeness (QED) is 0.707. The summed E-state index contributed by atoms with van der Waals surface area (Å²) in [6.45, 7) is 0.403. The number of carbonyl (C=O) groups excluding carboxylic acids is 1. The molecular formula is C9H15F3N2O3. The lowest BCUT2D eigenvalue weighted by molar-refractivity contribution is -0.142. The largest absolute Gasteiger partial charge is 0.405 e. The van der Waals surface area contributed by atoms with Crippen molar-refractivity contribution in [1.29, 1.82) is 0 Å². The maximum Gasteiger partial charge on any atom is 0.405 e. The lowest BCUT2D eigenvalue weighted by Crippen LogP contribution is -2.42. The molecule has 0 aromatic heterocycles. The van der Waals surface area contributed by atoms with Crippen LogP contribution >= 0.6 is 0 Å². The van der Waals surface area contributed by atoms with Crippen LogP contribution in [-0.2, 0) is 14.3 Å². The van der Waals surface area contributed by atoms with Crippen molar-refractivity contribution in [3.63, 3.8) is 0 Å². The lowest BCUT2D eigenvalue weighted by atomic mass is 10.3. The minimum atomic E-state index is -4.40. The molecule has 1 aliphatic heterocycles. The molecule has 0 aromatic rings. The van der Waals surface area contributed by atoms with E-state index in [-0.39, 0.29) is 12.7 Å². The van der Waals surface area contributed by atoms with Crippen molar-refractivity contribution in [2.75, 3.05) is 39.5 Å². The van der Waals surface area contributed by atoms with Crippen LogP contribution in [0.4, 0.5) is 13.2 Å². The molecule has 1 heterocycles. The number of hydrogen-bond acceptors (Lipinski definition) is 4. The van der Waals surface area contributed by atoms with Gasteiger partial charge in [0.05, 0.1) is 19.3 Å². The lowest BCUT2D eigenvalue weighted by Gasteiger charge is -2.23. The van der Waals surface area contributed by atoms with E-state index in [1.807, 2.05) is 0 Å². The molecule has 0 saturated carbocycles. The summed E-state index contributed by atoms with van der Waals surface area (Å²) < 4.78 is 45.5. The van der Waals surface area contributed by atoms with Crippen LogP contribution in [0.1, 0.15) is 0 Å². The van der Waals surface area contributed by atoms with Gasteiger partial charge in [0.25, 0.3) is 0 Å². The molecule has 0 aliphatic carbocycles. The van der Waals surface area contributed by atoms with E-state index in [1.54, 1.807) is 5.32 Å². The summed E-state index contributed by atoms with van der Waals surface area (Å²) in [5.41, 5.74) is 0. The highest BCUT2D eigenvalue weighted by atomic mass is 19.4. The number of alkyl halides is 3. The second-order valence-corrected chi connectivity index (χ2v) is 3.60. The first kappa shape index (κ1) is 14.2. The Labute approximate surface area is 96.6 Å². The number of hydrogen-bond donors (Lipinski definition) is 2. The number of morpholine rings is 1. The number of ether oxygens (including phenoxy) is 2. The van der Waals surface area contributed by atoms with Crippen molar-refractivity contribution in [2.45, 2.75) is 12.3 Å². The summed E-state index contributed by atoms with van der Waals surface area (Å²) >= 11 is 0. The minimum Gasteiger partial charge on any atom is -0.373 e. The molecule has 0 radical (unpaired) electrons. The van der Waals surface area contributed by atoms with Crippen LogP contribution in [0, 0.1) is 0 Å². The van der Waals surface area contributed by atoms with Crippen LogP contribution in [0.2, 0.25) is 0 Å². The third-order valence-electron chi connectivity index (χ3n) is 2.03. The predicted molar refractivity (Wildman–Crippen MR) is 52.5 cm³/mol. The molecule has 1 aliphatic rings. The highest BCUT2D eigenvalue weighted by Crippen LogP contribution is 2.11. The zero-order valence-electron chi connectivity index (χ0n) is 9.18. The fraction of sp³-hybridized carbons (Fsp3) is 0.889. The zero-order chi connectivity index (χ0) is 12.7. The Kier molecular flexibility index (Phi) is 5.66. The molecule has 1 atom stereocenters. The van der Waals surface area contributed by atoms with Crippen LogP contribution in [0.15, 0.2) is 0 Å². The Morgan fingerprint density at radius 3 is 2.88 bits per heavy atom. The van der Waals surface area contributed by atoms with Crippen molar-refractivity contribution >= 4 is 5.91 Å². The van der Waals surface area contributed by atoms with Crippen LogP contribution in [0.3, 0.4) is 0 Å². The standard InChI is InChI=1S/C9H15F3N2O3/c10-9(11,12)6-14-8(15)5-16-4-7-3-13-1-2-17-7/h7,13H,1-6H2,(H,14,15). The van der Waals surface area contributed by atoms with Crippen molar-refractivity contribution in [2.24, 2.45) is 0 Å². The molecule has 0 spiro atoms. The van der Waals surface area contributed by atoms with Gasteiger partial charge in [0.1, 0.15) is 13.2 Å². The Bertz CT molecular complexity index is 242. The van der Waals surface area contributed by atoms with Gasteiger partial charge in [-0.05, 0) is 0 Å². The molecule has 17 heavy (non-hydrogen) atoms. The molecule has 1 amide bonds. The summed E-state index contributed by atoms with van der Waals surface area (Å²) in [4.78, 5) is 10.9. The fourth-order valence-corrected chi connectivity index (χ4v) is 1.26. The van der Waals surface area contributed by atoms with Gasteiger partial charge in [-0.3, -0.25) is 4.79 Å². The molecule has 8 heteroatoms. The SMILES string of the molecule is O=C(COCC1CNCCO1)NCC(F)(F)F. The number of rotatable bonds is 5. The molecule has 5 nitrogen and oxygen atoms in total. The van der Waals surface area contributed by atoms with Gasteiger partial charge in [-0.25, -0.2) is 0 Å². The Morgan fingerprint density at radius 1 is 1.53 bits per heavy atom. The average molecular weight is 256 g/mol. The number of carbonyl (C=O) groups is 1. The van der Waals surface area contributed by atoms with Gasteiger partial charge < -0.3 is 20.1 Å². The summed E-state index contributed by atoms with van der Waals surface area (Å²) in [6, 6.07) is 0. The Balaban J connectivity index is 2.03. The van der Waals surface area contributed by atoms with E-state index in [0.717, 1.165) is 6.54 Å². The van der Waals surface area contributed by atoms with Gasteiger partial charge in [-0.1, -0.05) is 0 Å². The van der Waals surface area contributed by atoms with Gasteiger partial charge in [0.15, 0.2) is 0 Å². The monoisotopic (exact) mass is 256 g/mol. The van der Waals surface area contributed by atoms with E-state index >= 15 is 0 Å². The molecule has 1 saturated heterocycles. The average Bonchev–Trinajstić information content (AvgIpc) is 2.27. The van der Waals surface area contributed by atoms with E-state index in [1.165, 1.54) is 0 Å². The topological polar surface area (TPSA) is 59.6 Å². The first-order valence-corrected chi connectivity index (χ1v) is 5.21. The molecule has 100 valence electrons. The number of amides is 1. The van der Waals surface area contributed by atoms with Gasteiger partial charge in [0.2, 0.25) is 5.91 Å². The third-order valence-corrected chi connectivity index (χ3v) is 2.03. The number of halogens is 3. The van der Waals surface area contributed by atoms with Crippen molar-refractivity contribution in [1.82, 2.24) is 10.6 Å². The first-order chi connectivity index (χ1) is 7.97. The Morgan fingerprint density at radius 2 is 2.29 bits per heavy atom. The smallest absolute Gasteiger partial charge is 0.373 e. The van der Waals surface area contributed by atoms with Gasteiger partial charge in [-0.15, -0.1) is 0 Å². The maximum atomic E-state index is 11.7. The highest BCUT2D eigenvalue weighted by molar-refractivity contribution is 5.77. The minimum absolute atomic E-state index is 0.154. The Hall–Kier alpha value is -0.860. The predicted octanol–water partition coefficient (Wildman–Crippen LogP) is -0.330. The van der Waals surface area contributed by atoms with Gasteiger partial charge in [-0.2, -0.15) is 13.2 Å². The van der Waals surface area contributed by atoms with Crippen LogP contribution in [-0.4, -0.2) is 57.6 Å². The molecule has 0 bridgehead atoms. The second-order valence-electron chi connectivity index (χ2n) is 3.60. The molecule has 2 N–H and O–H groups in total. The van der Waals surface area contributed by atoms with E-state index in [0.29, 0.717) is 13.2 Å². The summed E-state index contributed by atoms with van der Waals surface area (Å²) in [7, 11) is 0. The molecule has 1 unspecified atom stereocenters. The van der Waals surface area contributed by atoms with E-state index in [4.69, 9.17) is 9.47 Å². The first-order valence-electron chi connectivity index (χ1n) is 5.21. The van der Waals surface area contributed by atoms with E-state index in [2.05, 4.69) is 5.32 Å². The van der Waals surface area contributed by atoms with Crippen LogP contribution in [0.5, 0.6) is 0 Å². The van der Waals surface area contributed by atoms with Crippen LogP contribution < -0.4 is 10.6 Å². The van der Waals surface area contributed by atoms with Crippen molar-refractivity contribution in [3.8, 4) is 0 Å². The molecular weight excluding hydrogens is 241 g/mol. The normalized spacial score (nSPS) is 21.2. The summed E-state index contributed by atoms with van der Waals surface area (Å²) in [6.07, 6.45) is -4.55. The second kappa shape index (κ2) is 6.77. The zero-order valence-corrected chi connectivity index (χ0v) is 9.18. The van der Waals surface area contributed by atoms with E-state index < -0.39 is 25.2 Å². The number of nitrogens with one attached hydrogen (secondary N) is 2. The van der Waals surface area contributed by atoms with Gasteiger partial charge in [0, 0.05) is 13.1 Å². The van der Waals surface area contributed by atoms with Crippen LogP contribution in [0.25, 0.3) is 0 Å². The fourth-order valence-electron chi connectivity index (χ4n) is 1.26. The molecule has 1 fully saturated rings. The van der Waals surface area contributed by atoms with Crippen molar-refractivity contribution in [3.05, 3.63) is 0 Å². The third kappa shape index (κ3) is 7.14.